The molecule has 24 heavy (non-hydrogen) atoms. The molecule has 1 heterocycles. The summed E-state index contributed by atoms with van der Waals surface area (Å²) in [6, 6.07) is 8.03. The molecule has 7 heteroatoms. The van der Waals surface area contributed by atoms with Crippen molar-refractivity contribution in [1.82, 2.24) is 25.1 Å². The number of carbonyl (C=O) groups excluding carboxylic acids is 1. The standard InChI is InChI=1S/C17H22BrN5O/c1-12-7-9-13(10-8-12)22(2)16(24)11-23-20-17(19-21-23)14-5-3-4-6-15(14)18/h3-6,12-13H,7-11H2,1-2H3. The maximum Gasteiger partial charge on any atom is 0.246 e. The van der Waals surface area contributed by atoms with Crippen LogP contribution in [0.15, 0.2) is 28.7 Å². The Morgan fingerprint density at radius 2 is 2.00 bits per heavy atom. The van der Waals surface area contributed by atoms with Gasteiger partial charge in [0.05, 0.1) is 0 Å². The minimum atomic E-state index is 0.0330. The largest absolute Gasteiger partial charge is 0.341 e. The molecule has 1 aliphatic carbocycles. The molecule has 1 saturated carbocycles. The zero-order chi connectivity index (χ0) is 17.1. The van der Waals surface area contributed by atoms with Crippen molar-refractivity contribution >= 4 is 21.8 Å². The van der Waals surface area contributed by atoms with Gasteiger partial charge in [0.25, 0.3) is 0 Å². The Morgan fingerprint density at radius 1 is 1.29 bits per heavy atom. The lowest BCUT2D eigenvalue weighted by molar-refractivity contribution is -0.133. The summed E-state index contributed by atoms with van der Waals surface area (Å²) in [4.78, 5) is 15.7. The molecule has 1 amide bonds. The number of carbonyl (C=O) groups is 1. The Hall–Kier alpha value is -1.76. The fourth-order valence-corrected chi connectivity index (χ4v) is 3.59. The van der Waals surface area contributed by atoms with Gasteiger partial charge < -0.3 is 4.90 Å². The van der Waals surface area contributed by atoms with Crippen molar-refractivity contribution < 1.29 is 4.79 Å². The molecule has 0 saturated heterocycles. The molecule has 0 radical (unpaired) electrons. The molecule has 1 aliphatic rings. The average molecular weight is 392 g/mol. The molecule has 2 aromatic rings. The molecule has 0 atom stereocenters. The van der Waals surface area contributed by atoms with Crippen LogP contribution in [0.2, 0.25) is 0 Å². The van der Waals surface area contributed by atoms with Gasteiger partial charge in [-0.25, -0.2) is 0 Å². The first kappa shape index (κ1) is 17.1. The molecule has 0 spiro atoms. The molecule has 1 aromatic carbocycles. The lowest BCUT2D eigenvalue weighted by Crippen LogP contribution is -2.41. The molecule has 0 N–H and O–H groups in total. The first-order valence-corrected chi connectivity index (χ1v) is 9.12. The molecule has 0 aliphatic heterocycles. The van der Waals surface area contributed by atoms with Crippen LogP contribution in [0.4, 0.5) is 0 Å². The van der Waals surface area contributed by atoms with E-state index >= 15 is 0 Å². The van der Waals surface area contributed by atoms with Crippen LogP contribution in [0.3, 0.4) is 0 Å². The van der Waals surface area contributed by atoms with Crippen molar-refractivity contribution in [2.75, 3.05) is 7.05 Å². The van der Waals surface area contributed by atoms with Crippen molar-refractivity contribution in [3.63, 3.8) is 0 Å². The number of rotatable bonds is 4. The lowest BCUT2D eigenvalue weighted by Gasteiger charge is -2.33. The third kappa shape index (κ3) is 3.83. The highest BCUT2D eigenvalue weighted by Crippen LogP contribution is 2.27. The zero-order valence-corrected chi connectivity index (χ0v) is 15.6. The second-order valence-electron chi connectivity index (χ2n) is 6.54. The molecule has 3 rings (SSSR count). The summed E-state index contributed by atoms with van der Waals surface area (Å²) >= 11 is 3.48. The van der Waals surface area contributed by atoms with Crippen LogP contribution in [-0.2, 0) is 11.3 Å². The number of benzene rings is 1. The average Bonchev–Trinajstić information content (AvgIpc) is 3.03. The van der Waals surface area contributed by atoms with Gasteiger partial charge in [-0.15, -0.1) is 10.2 Å². The van der Waals surface area contributed by atoms with Crippen LogP contribution in [-0.4, -0.2) is 44.1 Å². The number of hydrogen-bond donors (Lipinski definition) is 0. The summed E-state index contributed by atoms with van der Waals surface area (Å²) in [6.07, 6.45) is 4.54. The minimum Gasteiger partial charge on any atom is -0.341 e. The highest BCUT2D eigenvalue weighted by Gasteiger charge is 2.25. The Labute approximate surface area is 150 Å². The minimum absolute atomic E-state index is 0.0330. The summed E-state index contributed by atoms with van der Waals surface area (Å²) in [5.74, 6) is 1.32. The van der Waals surface area contributed by atoms with Gasteiger partial charge in [-0.05, 0) is 48.9 Å². The molecule has 0 bridgehead atoms. The van der Waals surface area contributed by atoms with Crippen LogP contribution in [0.1, 0.15) is 32.6 Å². The number of amides is 1. The van der Waals surface area contributed by atoms with Crippen molar-refractivity contribution in [3.8, 4) is 11.4 Å². The van der Waals surface area contributed by atoms with Crippen LogP contribution < -0.4 is 0 Å². The highest BCUT2D eigenvalue weighted by atomic mass is 79.9. The Balaban J connectivity index is 1.64. The quantitative estimate of drug-likeness (QED) is 0.802. The van der Waals surface area contributed by atoms with Gasteiger partial charge in [0, 0.05) is 23.1 Å². The molecule has 0 unspecified atom stereocenters. The van der Waals surface area contributed by atoms with E-state index in [0.29, 0.717) is 11.9 Å². The second kappa shape index (κ2) is 7.42. The van der Waals surface area contributed by atoms with Crippen molar-refractivity contribution in [1.29, 1.82) is 0 Å². The van der Waals surface area contributed by atoms with Gasteiger partial charge in [0.15, 0.2) is 0 Å². The Morgan fingerprint density at radius 3 is 2.71 bits per heavy atom. The molecule has 6 nitrogen and oxygen atoms in total. The first-order chi connectivity index (χ1) is 11.5. The van der Waals surface area contributed by atoms with Gasteiger partial charge in [0.1, 0.15) is 6.54 Å². The van der Waals surface area contributed by atoms with Gasteiger partial charge >= 0.3 is 0 Å². The number of likely N-dealkylation sites (N-methyl/N-ethyl adjacent to an activating group) is 1. The predicted molar refractivity (Wildman–Crippen MR) is 95.1 cm³/mol. The number of hydrogen-bond acceptors (Lipinski definition) is 4. The third-order valence-electron chi connectivity index (χ3n) is 4.77. The smallest absolute Gasteiger partial charge is 0.246 e. The third-order valence-corrected chi connectivity index (χ3v) is 5.46. The fourth-order valence-electron chi connectivity index (χ4n) is 3.13. The number of halogens is 1. The van der Waals surface area contributed by atoms with Crippen LogP contribution in [0.25, 0.3) is 11.4 Å². The van der Waals surface area contributed by atoms with E-state index in [0.717, 1.165) is 28.8 Å². The van der Waals surface area contributed by atoms with E-state index in [9.17, 15) is 4.79 Å². The summed E-state index contributed by atoms with van der Waals surface area (Å²) in [7, 11) is 1.88. The second-order valence-corrected chi connectivity index (χ2v) is 7.40. The molecule has 1 fully saturated rings. The topological polar surface area (TPSA) is 63.9 Å². The Kier molecular flexibility index (Phi) is 5.28. The molecular formula is C17H22BrN5O. The molecule has 128 valence electrons. The Bertz CT molecular complexity index is 709. The van der Waals surface area contributed by atoms with Gasteiger partial charge in [-0.1, -0.05) is 35.0 Å². The van der Waals surface area contributed by atoms with Crippen molar-refractivity contribution in [2.45, 2.75) is 45.2 Å². The first-order valence-electron chi connectivity index (χ1n) is 8.33. The van der Waals surface area contributed by atoms with Crippen LogP contribution in [0.5, 0.6) is 0 Å². The van der Waals surface area contributed by atoms with Gasteiger partial charge in [0.2, 0.25) is 11.7 Å². The summed E-state index contributed by atoms with van der Waals surface area (Å²) < 4.78 is 0.907. The monoisotopic (exact) mass is 391 g/mol. The number of aromatic nitrogens is 4. The van der Waals surface area contributed by atoms with E-state index < -0.39 is 0 Å². The van der Waals surface area contributed by atoms with E-state index in [-0.39, 0.29) is 12.5 Å². The maximum absolute atomic E-state index is 12.5. The number of nitrogens with zero attached hydrogens (tertiary/aromatic N) is 5. The molecule has 1 aromatic heterocycles. The van der Waals surface area contributed by atoms with E-state index in [1.165, 1.54) is 17.6 Å². The number of tetrazole rings is 1. The van der Waals surface area contributed by atoms with Crippen LogP contribution >= 0.6 is 15.9 Å². The highest BCUT2D eigenvalue weighted by molar-refractivity contribution is 9.10. The van der Waals surface area contributed by atoms with E-state index in [1.54, 1.807) is 0 Å². The van der Waals surface area contributed by atoms with Gasteiger partial charge in [-0.2, -0.15) is 4.80 Å². The van der Waals surface area contributed by atoms with Gasteiger partial charge in [-0.3, -0.25) is 4.79 Å². The summed E-state index contributed by atoms with van der Waals surface area (Å²) in [5, 5.41) is 12.4. The SMILES string of the molecule is CC1CCC(N(C)C(=O)Cn2nnc(-c3ccccc3Br)n2)CC1. The van der Waals surface area contributed by atoms with Crippen molar-refractivity contribution in [2.24, 2.45) is 5.92 Å². The molecular weight excluding hydrogens is 370 g/mol. The fraction of sp³-hybridized carbons (Fsp3) is 0.529. The normalized spacial score (nSPS) is 20.8. The van der Waals surface area contributed by atoms with E-state index in [2.05, 4.69) is 38.3 Å². The van der Waals surface area contributed by atoms with Crippen LogP contribution in [0, 0.1) is 5.92 Å². The summed E-state index contributed by atoms with van der Waals surface area (Å²) in [5.41, 5.74) is 0.867. The maximum atomic E-state index is 12.5. The zero-order valence-electron chi connectivity index (χ0n) is 14.0. The lowest BCUT2D eigenvalue weighted by atomic mass is 9.87. The summed E-state index contributed by atoms with van der Waals surface area (Å²) in [6.45, 7) is 2.40. The van der Waals surface area contributed by atoms with Crippen molar-refractivity contribution in [3.05, 3.63) is 28.7 Å². The van der Waals surface area contributed by atoms with E-state index in [1.807, 2.05) is 36.2 Å². The predicted octanol–water partition coefficient (Wildman–Crippen LogP) is 3.14. The van der Waals surface area contributed by atoms with E-state index in [4.69, 9.17) is 0 Å².